The van der Waals surface area contributed by atoms with Gasteiger partial charge in [-0.3, -0.25) is 4.79 Å². The zero-order valence-electron chi connectivity index (χ0n) is 11.8. The largest absolute Gasteiger partial charge is 0.504 e. The number of hydrogen-bond donors (Lipinski definition) is 3. The van der Waals surface area contributed by atoms with Gasteiger partial charge >= 0.3 is 0 Å². The standard InChI is InChI=1S/C15H20N2O3/c1-15(3-4-15)7-9-8-16-11-6-12(18)13(20-2)5-10(11)14(19)17-9/h5-6,9,16,18H,3-4,7-8H2,1-2H3,(H,17,19). The predicted octanol–water partition coefficient (Wildman–Crippen LogP) is 2.11. The molecular weight excluding hydrogens is 256 g/mol. The third-order valence-corrected chi connectivity index (χ3v) is 4.28. The van der Waals surface area contributed by atoms with Crippen LogP contribution in [0.15, 0.2) is 12.1 Å². The normalized spacial score (nSPS) is 23.1. The molecule has 1 saturated carbocycles. The van der Waals surface area contributed by atoms with Gasteiger partial charge < -0.3 is 20.5 Å². The van der Waals surface area contributed by atoms with Crippen LogP contribution in [0.3, 0.4) is 0 Å². The van der Waals surface area contributed by atoms with Crippen LogP contribution in [0.4, 0.5) is 5.69 Å². The molecule has 20 heavy (non-hydrogen) atoms. The molecule has 1 unspecified atom stereocenters. The summed E-state index contributed by atoms with van der Waals surface area (Å²) in [6, 6.07) is 3.25. The topological polar surface area (TPSA) is 70.6 Å². The minimum atomic E-state index is -0.113. The Balaban J connectivity index is 1.84. The molecule has 3 N–H and O–H groups in total. The number of benzene rings is 1. The first-order valence-electron chi connectivity index (χ1n) is 6.96. The molecule has 0 radical (unpaired) electrons. The third kappa shape index (κ3) is 2.40. The number of carbonyl (C=O) groups is 1. The van der Waals surface area contributed by atoms with Gasteiger partial charge in [0, 0.05) is 18.7 Å². The summed E-state index contributed by atoms with van der Waals surface area (Å²) in [4.78, 5) is 12.3. The average molecular weight is 276 g/mol. The minimum absolute atomic E-state index is 0.0409. The molecule has 1 amide bonds. The van der Waals surface area contributed by atoms with Gasteiger partial charge in [0.1, 0.15) is 0 Å². The third-order valence-electron chi connectivity index (χ3n) is 4.28. The van der Waals surface area contributed by atoms with Crippen molar-refractivity contribution in [1.29, 1.82) is 0 Å². The van der Waals surface area contributed by atoms with Crippen molar-refractivity contribution in [2.75, 3.05) is 19.0 Å². The second kappa shape index (κ2) is 4.58. The summed E-state index contributed by atoms with van der Waals surface area (Å²) in [5, 5.41) is 16.1. The van der Waals surface area contributed by atoms with E-state index in [4.69, 9.17) is 4.74 Å². The van der Waals surface area contributed by atoms with Crippen LogP contribution >= 0.6 is 0 Å². The van der Waals surface area contributed by atoms with Gasteiger partial charge in [0.15, 0.2) is 11.5 Å². The van der Waals surface area contributed by atoms with Gasteiger partial charge in [0.2, 0.25) is 0 Å². The Hall–Kier alpha value is -1.91. The molecule has 5 nitrogen and oxygen atoms in total. The van der Waals surface area contributed by atoms with E-state index in [9.17, 15) is 9.90 Å². The van der Waals surface area contributed by atoms with Crippen LogP contribution in [0.5, 0.6) is 11.5 Å². The van der Waals surface area contributed by atoms with E-state index in [0.29, 0.717) is 29.0 Å². The highest BCUT2D eigenvalue weighted by atomic mass is 16.5. The first kappa shape index (κ1) is 13.1. The lowest BCUT2D eigenvalue weighted by atomic mass is 9.99. The van der Waals surface area contributed by atoms with Crippen LogP contribution < -0.4 is 15.4 Å². The molecule has 0 spiro atoms. The van der Waals surface area contributed by atoms with E-state index in [2.05, 4.69) is 17.6 Å². The number of phenolic OH excluding ortho intramolecular Hbond substituents is 1. The predicted molar refractivity (Wildman–Crippen MR) is 76.4 cm³/mol. The fraction of sp³-hybridized carbons (Fsp3) is 0.533. The Kier molecular flexibility index (Phi) is 3.00. The van der Waals surface area contributed by atoms with Crippen molar-refractivity contribution in [1.82, 2.24) is 5.32 Å². The highest BCUT2D eigenvalue weighted by Gasteiger charge is 2.40. The molecule has 0 bridgehead atoms. The summed E-state index contributed by atoms with van der Waals surface area (Å²) in [6.07, 6.45) is 3.46. The smallest absolute Gasteiger partial charge is 0.253 e. The Morgan fingerprint density at radius 3 is 2.85 bits per heavy atom. The van der Waals surface area contributed by atoms with E-state index in [1.165, 1.54) is 20.0 Å². The summed E-state index contributed by atoms with van der Waals surface area (Å²) in [7, 11) is 1.47. The lowest BCUT2D eigenvalue weighted by Crippen LogP contribution is -2.38. The monoisotopic (exact) mass is 276 g/mol. The number of fused-ring (bicyclic) bond motifs is 1. The number of phenols is 1. The number of anilines is 1. The van der Waals surface area contributed by atoms with Gasteiger partial charge in [-0.1, -0.05) is 6.92 Å². The van der Waals surface area contributed by atoms with Crippen LogP contribution in [0.2, 0.25) is 0 Å². The Labute approximate surface area is 118 Å². The quantitative estimate of drug-likeness (QED) is 0.791. The molecular formula is C15H20N2O3. The number of aromatic hydroxyl groups is 1. The fourth-order valence-corrected chi connectivity index (χ4v) is 2.75. The highest BCUT2D eigenvalue weighted by Crippen LogP contribution is 2.49. The lowest BCUT2D eigenvalue weighted by Gasteiger charge is -2.19. The van der Waals surface area contributed by atoms with Crippen molar-refractivity contribution in [3.05, 3.63) is 17.7 Å². The molecule has 2 aliphatic rings. The number of carbonyl (C=O) groups excluding carboxylic acids is 1. The van der Waals surface area contributed by atoms with Crippen molar-refractivity contribution >= 4 is 11.6 Å². The van der Waals surface area contributed by atoms with Crippen LogP contribution in [0.1, 0.15) is 36.5 Å². The number of amides is 1. The molecule has 108 valence electrons. The Morgan fingerprint density at radius 2 is 2.20 bits per heavy atom. The summed E-state index contributed by atoms with van der Waals surface area (Å²) < 4.78 is 5.06. The van der Waals surface area contributed by atoms with Gasteiger partial charge in [0.25, 0.3) is 5.91 Å². The molecule has 1 aliphatic carbocycles. The van der Waals surface area contributed by atoms with Crippen LogP contribution in [-0.2, 0) is 0 Å². The van der Waals surface area contributed by atoms with Crippen molar-refractivity contribution < 1.29 is 14.6 Å². The van der Waals surface area contributed by atoms with Crippen molar-refractivity contribution in [2.24, 2.45) is 5.41 Å². The number of nitrogens with one attached hydrogen (secondary N) is 2. The van der Waals surface area contributed by atoms with Crippen molar-refractivity contribution in [3.8, 4) is 11.5 Å². The maximum absolute atomic E-state index is 12.3. The molecule has 1 aromatic rings. The lowest BCUT2D eigenvalue weighted by molar-refractivity contribution is 0.0937. The minimum Gasteiger partial charge on any atom is -0.504 e. The van der Waals surface area contributed by atoms with E-state index in [1.54, 1.807) is 12.1 Å². The van der Waals surface area contributed by atoms with E-state index in [1.807, 2.05) is 0 Å². The zero-order chi connectivity index (χ0) is 14.3. The molecule has 1 aliphatic heterocycles. The van der Waals surface area contributed by atoms with Crippen LogP contribution in [-0.4, -0.2) is 30.7 Å². The fourth-order valence-electron chi connectivity index (χ4n) is 2.75. The average Bonchev–Trinajstić information content (AvgIpc) is 3.14. The van der Waals surface area contributed by atoms with Gasteiger partial charge in [0.05, 0.1) is 18.4 Å². The van der Waals surface area contributed by atoms with Crippen molar-refractivity contribution in [3.63, 3.8) is 0 Å². The van der Waals surface area contributed by atoms with E-state index < -0.39 is 0 Å². The molecule has 1 aromatic carbocycles. The summed E-state index contributed by atoms with van der Waals surface area (Å²) in [5.74, 6) is 0.241. The number of methoxy groups -OCH3 is 1. The maximum atomic E-state index is 12.3. The van der Waals surface area contributed by atoms with Crippen LogP contribution in [0.25, 0.3) is 0 Å². The number of hydrogen-bond acceptors (Lipinski definition) is 4. The molecule has 1 heterocycles. The molecule has 3 rings (SSSR count). The SMILES string of the molecule is COc1cc2c(cc1O)NCC(CC1(C)CC1)NC2=O. The highest BCUT2D eigenvalue weighted by molar-refractivity contribution is 6.01. The van der Waals surface area contributed by atoms with Gasteiger partial charge in [-0.05, 0) is 30.7 Å². The first-order chi connectivity index (χ1) is 9.50. The van der Waals surface area contributed by atoms with E-state index in [-0.39, 0.29) is 17.7 Å². The second-order valence-corrected chi connectivity index (χ2v) is 6.14. The maximum Gasteiger partial charge on any atom is 0.253 e. The summed E-state index contributed by atoms with van der Waals surface area (Å²) in [5.41, 5.74) is 1.56. The van der Waals surface area contributed by atoms with Gasteiger partial charge in [-0.2, -0.15) is 0 Å². The Bertz CT molecular complexity index is 552. The second-order valence-electron chi connectivity index (χ2n) is 6.14. The summed E-state index contributed by atoms with van der Waals surface area (Å²) >= 11 is 0. The molecule has 0 aromatic heterocycles. The number of ether oxygens (including phenoxy) is 1. The molecule has 0 saturated heterocycles. The van der Waals surface area contributed by atoms with Gasteiger partial charge in [-0.15, -0.1) is 0 Å². The number of rotatable bonds is 3. The first-order valence-corrected chi connectivity index (χ1v) is 6.96. The summed E-state index contributed by atoms with van der Waals surface area (Å²) in [6.45, 7) is 2.94. The van der Waals surface area contributed by atoms with Gasteiger partial charge in [-0.25, -0.2) is 0 Å². The van der Waals surface area contributed by atoms with Crippen molar-refractivity contribution in [2.45, 2.75) is 32.2 Å². The molecule has 5 heteroatoms. The van der Waals surface area contributed by atoms with E-state index >= 15 is 0 Å². The zero-order valence-corrected chi connectivity index (χ0v) is 11.8. The van der Waals surface area contributed by atoms with Crippen LogP contribution in [0, 0.1) is 5.41 Å². The molecule has 1 atom stereocenters. The van der Waals surface area contributed by atoms with E-state index in [0.717, 1.165) is 6.42 Å². The Morgan fingerprint density at radius 1 is 1.45 bits per heavy atom. The molecule has 1 fully saturated rings.